The molecule has 1 saturated heterocycles. The minimum atomic E-state index is -0.598. The van der Waals surface area contributed by atoms with Gasteiger partial charge in [-0.15, -0.1) is 0 Å². The van der Waals surface area contributed by atoms with E-state index < -0.39 is 5.91 Å². The van der Waals surface area contributed by atoms with E-state index in [1.54, 1.807) is 41.4 Å². The van der Waals surface area contributed by atoms with Gasteiger partial charge in [-0.2, -0.15) is 0 Å². The highest BCUT2D eigenvalue weighted by molar-refractivity contribution is 6.30. The number of piperidine rings is 1. The van der Waals surface area contributed by atoms with Crippen molar-refractivity contribution in [2.75, 3.05) is 23.7 Å². The number of benzene rings is 1. The molecule has 0 spiro atoms. The van der Waals surface area contributed by atoms with Gasteiger partial charge in [0.1, 0.15) is 5.82 Å². The minimum absolute atomic E-state index is 0.119. The van der Waals surface area contributed by atoms with Crippen LogP contribution < -0.4 is 16.1 Å². The second kappa shape index (κ2) is 9.90. The van der Waals surface area contributed by atoms with Crippen molar-refractivity contribution >= 4 is 41.1 Å². The van der Waals surface area contributed by atoms with E-state index in [4.69, 9.17) is 16.8 Å². The number of anilines is 2. The standard InChI is InChI=1S/C20H22ClN5O3/c21-15-3-5-16(6-4-15)24-20(28)26-11-9-17(10-12-26)23-18-7-1-14(13-22-18)2-8-19(27)25-29/h1-8,13,17,29H,9-12H2,(H,22,23)(H,24,28)(H,25,27)/b8-2+. The van der Waals surface area contributed by atoms with Crippen LogP contribution in [0.1, 0.15) is 18.4 Å². The molecule has 3 rings (SSSR count). The first-order valence-electron chi connectivity index (χ1n) is 9.20. The third-order valence-corrected chi connectivity index (χ3v) is 4.81. The Labute approximate surface area is 173 Å². The zero-order valence-electron chi connectivity index (χ0n) is 15.6. The number of likely N-dealkylation sites (tertiary alicyclic amines) is 1. The molecule has 0 bridgehead atoms. The van der Waals surface area contributed by atoms with Crippen LogP contribution in [0.3, 0.4) is 0 Å². The molecule has 1 aliphatic heterocycles. The van der Waals surface area contributed by atoms with Gasteiger partial charge in [0.15, 0.2) is 0 Å². The van der Waals surface area contributed by atoms with Crippen LogP contribution in [0.2, 0.25) is 5.02 Å². The Morgan fingerprint density at radius 3 is 2.48 bits per heavy atom. The molecule has 29 heavy (non-hydrogen) atoms. The third kappa shape index (κ3) is 6.20. The predicted octanol–water partition coefficient (Wildman–Crippen LogP) is 3.36. The van der Waals surface area contributed by atoms with Crippen molar-refractivity contribution in [1.29, 1.82) is 0 Å². The van der Waals surface area contributed by atoms with Gasteiger partial charge < -0.3 is 15.5 Å². The summed E-state index contributed by atoms with van der Waals surface area (Å²) >= 11 is 5.86. The third-order valence-electron chi connectivity index (χ3n) is 4.55. The van der Waals surface area contributed by atoms with E-state index in [-0.39, 0.29) is 12.1 Å². The SMILES string of the molecule is O=C(/C=C/c1ccc(NC2CCN(C(=O)Nc3ccc(Cl)cc3)CC2)nc1)NO. The van der Waals surface area contributed by atoms with Crippen molar-refractivity contribution in [3.05, 3.63) is 59.3 Å². The van der Waals surface area contributed by atoms with E-state index in [0.717, 1.165) is 29.9 Å². The summed E-state index contributed by atoms with van der Waals surface area (Å²) in [7, 11) is 0. The molecule has 0 atom stereocenters. The summed E-state index contributed by atoms with van der Waals surface area (Å²) in [6.45, 7) is 1.29. The molecule has 0 aliphatic carbocycles. The Bertz CT molecular complexity index is 863. The zero-order chi connectivity index (χ0) is 20.6. The molecule has 152 valence electrons. The van der Waals surface area contributed by atoms with Crippen molar-refractivity contribution < 1.29 is 14.8 Å². The molecule has 2 aromatic rings. The summed E-state index contributed by atoms with van der Waals surface area (Å²) < 4.78 is 0. The minimum Gasteiger partial charge on any atom is -0.367 e. The van der Waals surface area contributed by atoms with Crippen LogP contribution >= 0.6 is 11.6 Å². The maximum atomic E-state index is 12.4. The number of hydrogen-bond acceptors (Lipinski definition) is 5. The average molecular weight is 416 g/mol. The number of halogens is 1. The molecular formula is C20H22ClN5O3. The van der Waals surface area contributed by atoms with E-state index in [2.05, 4.69) is 15.6 Å². The highest BCUT2D eigenvalue weighted by atomic mass is 35.5. The van der Waals surface area contributed by atoms with E-state index in [1.165, 1.54) is 11.6 Å². The number of hydrogen-bond donors (Lipinski definition) is 4. The molecule has 9 heteroatoms. The van der Waals surface area contributed by atoms with E-state index >= 15 is 0 Å². The van der Waals surface area contributed by atoms with Gasteiger partial charge in [-0.1, -0.05) is 11.6 Å². The fourth-order valence-electron chi connectivity index (χ4n) is 2.97. The summed E-state index contributed by atoms with van der Waals surface area (Å²) in [5, 5.41) is 15.3. The molecule has 1 aromatic carbocycles. The lowest BCUT2D eigenvalue weighted by molar-refractivity contribution is -0.124. The number of hydroxylamine groups is 1. The highest BCUT2D eigenvalue weighted by Gasteiger charge is 2.23. The van der Waals surface area contributed by atoms with Gasteiger partial charge in [0.05, 0.1) is 0 Å². The van der Waals surface area contributed by atoms with Crippen LogP contribution in [0.4, 0.5) is 16.3 Å². The molecule has 2 heterocycles. The Hall–Kier alpha value is -3.10. The van der Waals surface area contributed by atoms with Gasteiger partial charge in [-0.3, -0.25) is 10.0 Å². The Balaban J connectivity index is 1.45. The molecule has 1 fully saturated rings. The maximum absolute atomic E-state index is 12.4. The number of carbonyl (C=O) groups excluding carboxylic acids is 2. The Morgan fingerprint density at radius 2 is 1.86 bits per heavy atom. The summed E-state index contributed by atoms with van der Waals surface area (Å²) in [6, 6.07) is 10.8. The van der Waals surface area contributed by atoms with Gasteiger partial charge in [0, 0.05) is 42.1 Å². The number of rotatable bonds is 5. The van der Waals surface area contributed by atoms with E-state index in [9.17, 15) is 9.59 Å². The maximum Gasteiger partial charge on any atom is 0.321 e. The Morgan fingerprint density at radius 1 is 1.14 bits per heavy atom. The summed E-state index contributed by atoms with van der Waals surface area (Å²) in [6.07, 6.45) is 6.04. The molecule has 4 N–H and O–H groups in total. The quantitative estimate of drug-likeness (QED) is 0.340. The second-order valence-electron chi connectivity index (χ2n) is 6.63. The molecule has 1 aromatic heterocycles. The smallest absolute Gasteiger partial charge is 0.321 e. The number of pyridine rings is 1. The van der Waals surface area contributed by atoms with Crippen LogP contribution in [0.15, 0.2) is 48.7 Å². The molecule has 0 unspecified atom stereocenters. The van der Waals surface area contributed by atoms with Crippen molar-refractivity contribution in [3.63, 3.8) is 0 Å². The topological polar surface area (TPSA) is 107 Å². The zero-order valence-corrected chi connectivity index (χ0v) is 16.4. The lowest BCUT2D eigenvalue weighted by Gasteiger charge is -2.32. The lowest BCUT2D eigenvalue weighted by Crippen LogP contribution is -2.44. The summed E-state index contributed by atoms with van der Waals surface area (Å²) in [5.74, 6) is 0.136. The van der Waals surface area contributed by atoms with E-state index in [0.29, 0.717) is 18.1 Å². The van der Waals surface area contributed by atoms with Crippen LogP contribution in [0, 0.1) is 0 Å². The summed E-state index contributed by atoms with van der Waals surface area (Å²) in [5.41, 5.74) is 2.99. The fraction of sp³-hybridized carbons (Fsp3) is 0.250. The molecular weight excluding hydrogens is 394 g/mol. The first kappa shape index (κ1) is 20.6. The number of amides is 3. The van der Waals surface area contributed by atoms with Crippen molar-refractivity contribution in [3.8, 4) is 0 Å². The molecule has 3 amide bonds. The monoisotopic (exact) mass is 415 g/mol. The average Bonchev–Trinajstić information content (AvgIpc) is 2.75. The second-order valence-corrected chi connectivity index (χ2v) is 7.07. The van der Waals surface area contributed by atoms with Crippen LogP contribution in [0.5, 0.6) is 0 Å². The fourth-order valence-corrected chi connectivity index (χ4v) is 3.10. The van der Waals surface area contributed by atoms with Crippen molar-refractivity contribution in [2.24, 2.45) is 0 Å². The molecule has 0 saturated carbocycles. The number of urea groups is 1. The largest absolute Gasteiger partial charge is 0.367 e. The lowest BCUT2D eigenvalue weighted by atomic mass is 10.1. The number of nitrogens with one attached hydrogen (secondary N) is 3. The number of aromatic nitrogens is 1. The highest BCUT2D eigenvalue weighted by Crippen LogP contribution is 2.18. The van der Waals surface area contributed by atoms with Gasteiger partial charge in [-0.05, 0) is 60.9 Å². The van der Waals surface area contributed by atoms with Crippen LogP contribution in [-0.4, -0.2) is 46.2 Å². The molecule has 8 nitrogen and oxygen atoms in total. The van der Waals surface area contributed by atoms with E-state index in [1.807, 2.05) is 12.1 Å². The Kier molecular flexibility index (Phi) is 7.04. The van der Waals surface area contributed by atoms with Crippen molar-refractivity contribution in [1.82, 2.24) is 15.4 Å². The number of carbonyl (C=O) groups is 2. The first-order valence-corrected chi connectivity index (χ1v) is 9.57. The van der Waals surface area contributed by atoms with Gasteiger partial charge >= 0.3 is 6.03 Å². The molecule has 0 radical (unpaired) electrons. The van der Waals surface area contributed by atoms with Gasteiger partial charge in [0.25, 0.3) is 5.91 Å². The van der Waals surface area contributed by atoms with Gasteiger partial charge in [0.2, 0.25) is 0 Å². The van der Waals surface area contributed by atoms with Crippen molar-refractivity contribution in [2.45, 2.75) is 18.9 Å². The first-order chi connectivity index (χ1) is 14.0. The normalized spacial score (nSPS) is 14.6. The van der Waals surface area contributed by atoms with Gasteiger partial charge in [-0.25, -0.2) is 15.3 Å². The predicted molar refractivity (Wildman–Crippen MR) is 112 cm³/mol. The number of nitrogens with zero attached hydrogens (tertiary/aromatic N) is 2. The van der Waals surface area contributed by atoms with Crippen LogP contribution in [-0.2, 0) is 4.79 Å². The summed E-state index contributed by atoms with van der Waals surface area (Å²) in [4.78, 5) is 29.5. The molecule has 1 aliphatic rings. The van der Waals surface area contributed by atoms with Crippen LogP contribution in [0.25, 0.3) is 6.08 Å².